The highest BCUT2D eigenvalue weighted by Crippen LogP contribution is 2.27. The van der Waals surface area contributed by atoms with E-state index in [9.17, 15) is 9.18 Å². The molecule has 0 aliphatic carbocycles. The number of nitrogens with one attached hydrogen (secondary N) is 2. The van der Waals surface area contributed by atoms with Crippen molar-refractivity contribution in [3.8, 4) is 5.75 Å². The van der Waals surface area contributed by atoms with Gasteiger partial charge in [0.15, 0.2) is 0 Å². The molecule has 0 saturated carbocycles. The predicted octanol–water partition coefficient (Wildman–Crippen LogP) is 7.42. The minimum Gasteiger partial charge on any atom is -0.488 e. The van der Waals surface area contributed by atoms with E-state index in [0.29, 0.717) is 35.2 Å². The molecule has 0 aliphatic heterocycles. The molecule has 0 atom stereocenters. The van der Waals surface area contributed by atoms with E-state index < -0.39 is 5.82 Å². The first-order chi connectivity index (χ1) is 15.3. The summed E-state index contributed by atoms with van der Waals surface area (Å²) in [5.41, 5.74) is 2.80. The number of hydrogen-bond donors (Lipinski definition) is 2. The molecule has 0 bridgehead atoms. The van der Waals surface area contributed by atoms with Gasteiger partial charge in [-0.1, -0.05) is 53.5 Å². The number of amides is 1. The molecule has 168 valence electrons. The summed E-state index contributed by atoms with van der Waals surface area (Å²) in [5, 5.41) is 6.61. The molecule has 3 aromatic rings. The van der Waals surface area contributed by atoms with Crippen LogP contribution in [-0.2, 0) is 17.9 Å². The SMILES string of the molecule is CC(C)CC(=O)Nc1cccc(NCc2cc(Br)ccc2OCc2c(F)cccc2Cl)c1. The second kappa shape index (κ2) is 11.3. The topological polar surface area (TPSA) is 50.4 Å². The maximum Gasteiger partial charge on any atom is 0.224 e. The van der Waals surface area contributed by atoms with Crippen LogP contribution in [0.15, 0.2) is 65.1 Å². The van der Waals surface area contributed by atoms with Gasteiger partial charge < -0.3 is 15.4 Å². The second-order valence-electron chi connectivity index (χ2n) is 7.82. The van der Waals surface area contributed by atoms with E-state index in [1.807, 2.05) is 56.3 Å². The fourth-order valence-corrected chi connectivity index (χ4v) is 3.76. The van der Waals surface area contributed by atoms with Crippen LogP contribution in [0.4, 0.5) is 15.8 Å². The van der Waals surface area contributed by atoms with E-state index in [4.69, 9.17) is 16.3 Å². The van der Waals surface area contributed by atoms with Crippen molar-refractivity contribution < 1.29 is 13.9 Å². The summed E-state index contributed by atoms with van der Waals surface area (Å²) in [5.74, 6) is 0.518. The third-order valence-corrected chi connectivity index (χ3v) is 5.53. The molecule has 0 saturated heterocycles. The first-order valence-corrected chi connectivity index (χ1v) is 11.5. The van der Waals surface area contributed by atoms with Gasteiger partial charge in [-0.15, -0.1) is 0 Å². The Labute approximate surface area is 201 Å². The molecule has 0 radical (unpaired) electrons. The molecular formula is C25H25BrClFN2O2. The molecule has 2 N–H and O–H groups in total. The molecule has 1 amide bonds. The monoisotopic (exact) mass is 518 g/mol. The maximum absolute atomic E-state index is 14.1. The molecule has 0 unspecified atom stereocenters. The molecule has 0 aliphatic rings. The normalized spacial score (nSPS) is 10.8. The summed E-state index contributed by atoms with van der Waals surface area (Å²) in [6.07, 6.45) is 0.475. The Balaban J connectivity index is 1.68. The van der Waals surface area contributed by atoms with Crippen LogP contribution in [0.5, 0.6) is 5.75 Å². The number of rotatable bonds is 9. The number of halogens is 3. The zero-order valence-corrected chi connectivity index (χ0v) is 20.3. The molecule has 3 rings (SSSR count). The van der Waals surface area contributed by atoms with Crippen LogP contribution in [0.3, 0.4) is 0 Å². The summed E-state index contributed by atoms with van der Waals surface area (Å²) < 4.78 is 20.9. The van der Waals surface area contributed by atoms with Gasteiger partial charge in [-0.3, -0.25) is 4.79 Å². The number of carbonyl (C=O) groups excluding carboxylic acids is 1. The molecule has 3 aromatic carbocycles. The summed E-state index contributed by atoms with van der Waals surface area (Å²) in [4.78, 5) is 12.0. The average Bonchev–Trinajstić information content (AvgIpc) is 2.72. The largest absolute Gasteiger partial charge is 0.488 e. The number of anilines is 2. The fraction of sp³-hybridized carbons (Fsp3) is 0.240. The van der Waals surface area contributed by atoms with Crippen molar-refractivity contribution in [2.24, 2.45) is 5.92 Å². The molecule has 0 fully saturated rings. The van der Waals surface area contributed by atoms with Crippen LogP contribution >= 0.6 is 27.5 Å². The van der Waals surface area contributed by atoms with Crippen molar-refractivity contribution in [1.29, 1.82) is 0 Å². The molecule has 4 nitrogen and oxygen atoms in total. The third-order valence-electron chi connectivity index (χ3n) is 4.68. The third kappa shape index (κ3) is 6.97. The van der Waals surface area contributed by atoms with Crippen LogP contribution in [0, 0.1) is 11.7 Å². The second-order valence-corrected chi connectivity index (χ2v) is 9.14. The van der Waals surface area contributed by atoms with Crippen molar-refractivity contribution in [1.82, 2.24) is 0 Å². The lowest BCUT2D eigenvalue weighted by Crippen LogP contribution is -2.14. The minimum atomic E-state index is -0.398. The highest BCUT2D eigenvalue weighted by atomic mass is 79.9. The van der Waals surface area contributed by atoms with Gasteiger partial charge in [0.25, 0.3) is 0 Å². The number of carbonyl (C=O) groups is 1. The fourth-order valence-electron chi connectivity index (χ4n) is 3.13. The zero-order chi connectivity index (χ0) is 23.1. The van der Waals surface area contributed by atoms with Crippen LogP contribution < -0.4 is 15.4 Å². The summed E-state index contributed by atoms with van der Waals surface area (Å²) in [7, 11) is 0. The molecule has 0 heterocycles. The molecule has 32 heavy (non-hydrogen) atoms. The van der Waals surface area contributed by atoms with Gasteiger partial charge in [0.05, 0.1) is 5.02 Å². The number of hydrogen-bond acceptors (Lipinski definition) is 3. The Hall–Kier alpha value is -2.57. The van der Waals surface area contributed by atoms with E-state index in [-0.39, 0.29) is 12.5 Å². The Kier molecular flexibility index (Phi) is 8.53. The zero-order valence-electron chi connectivity index (χ0n) is 17.9. The molecule has 0 aromatic heterocycles. The quantitative estimate of drug-likeness (QED) is 0.309. The van der Waals surface area contributed by atoms with E-state index in [1.165, 1.54) is 6.07 Å². The van der Waals surface area contributed by atoms with Gasteiger partial charge in [0.1, 0.15) is 18.2 Å². The molecule has 7 heteroatoms. The number of ether oxygens (including phenoxy) is 1. The number of benzene rings is 3. The van der Waals surface area contributed by atoms with Crippen molar-refractivity contribution in [2.75, 3.05) is 10.6 Å². The lowest BCUT2D eigenvalue weighted by atomic mass is 10.1. The van der Waals surface area contributed by atoms with Crippen LogP contribution in [0.1, 0.15) is 31.4 Å². The van der Waals surface area contributed by atoms with Gasteiger partial charge in [-0.05, 0) is 54.4 Å². The van der Waals surface area contributed by atoms with E-state index in [0.717, 1.165) is 21.4 Å². The van der Waals surface area contributed by atoms with Crippen molar-refractivity contribution in [3.63, 3.8) is 0 Å². The van der Waals surface area contributed by atoms with Gasteiger partial charge in [0.2, 0.25) is 5.91 Å². The summed E-state index contributed by atoms with van der Waals surface area (Å²) >= 11 is 9.60. The molecular weight excluding hydrogens is 495 g/mol. The van der Waals surface area contributed by atoms with Crippen molar-refractivity contribution in [2.45, 2.75) is 33.4 Å². The Bertz CT molecular complexity index is 1070. The molecule has 0 spiro atoms. The predicted molar refractivity (Wildman–Crippen MR) is 132 cm³/mol. The first-order valence-electron chi connectivity index (χ1n) is 10.3. The van der Waals surface area contributed by atoms with E-state index in [1.54, 1.807) is 12.1 Å². The smallest absolute Gasteiger partial charge is 0.224 e. The summed E-state index contributed by atoms with van der Waals surface area (Å²) in [6.45, 7) is 4.52. The van der Waals surface area contributed by atoms with Gasteiger partial charge in [-0.25, -0.2) is 4.39 Å². The Morgan fingerprint density at radius 2 is 1.84 bits per heavy atom. The van der Waals surface area contributed by atoms with Crippen molar-refractivity contribution in [3.05, 3.63) is 87.1 Å². The van der Waals surface area contributed by atoms with Crippen LogP contribution in [-0.4, -0.2) is 5.91 Å². The van der Waals surface area contributed by atoms with Crippen LogP contribution in [0.25, 0.3) is 0 Å². The first kappa shape index (κ1) is 24.1. The lowest BCUT2D eigenvalue weighted by molar-refractivity contribution is -0.116. The Morgan fingerprint density at radius 1 is 1.09 bits per heavy atom. The standard InChI is InChI=1S/C25H25BrClFN2O2/c1-16(2)11-25(31)30-20-6-3-5-19(13-20)29-14-17-12-18(26)9-10-24(17)32-15-21-22(27)7-4-8-23(21)28/h3-10,12-13,16,29H,11,14-15H2,1-2H3,(H,30,31). The van der Waals surface area contributed by atoms with Gasteiger partial charge in [-0.2, -0.15) is 0 Å². The highest BCUT2D eigenvalue weighted by molar-refractivity contribution is 9.10. The van der Waals surface area contributed by atoms with E-state index in [2.05, 4.69) is 26.6 Å². The summed E-state index contributed by atoms with van der Waals surface area (Å²) in [6, 6.07) is 17.8. The maximum atomic E-state index is 14.1. The average molecular weight is 520 g/mol. The van der Waals surface area contributed by atoms with Gasteiger partial charge in [0, 0.05) is 39.9 Å². The van der Waals surface area contributed by atoms with Crippen LogP contribution in [0.2, 0.25) is 5.02 Å². The van der Waals surface area contributed by atoms with Crippen molar-refractivity contribution >= 4 is 44.8 Å². The van der Waals surface area contributed by atoms with Gasteiger partial charge >= 0.3 is 0 Å². The minimum absolute atomic E-state index is 0.00775. The highest BCUT2D eigenvalue weighted by Gasteiger charge is 2.11. The van der Waals surface area contributed by atoms with E-state index >= 15 is 0 Å². The lowest BCUT2D eigenvalue weighted by Gasteiger charge is -2.15. The Morgan fingerprint density at radius 3 is 2.59 bits per heavy atom.